The lowest BCUT2D eigenvalue weighted by atomic mass is 10.1. The van der Waals surface area contributed by atoms with Crippen LogP contribution < -0.4 is 15.4 Å². The maximum absolute atomic E-state index is 13.4. The van der Waals surface area contributed by atoms with Gasteiger partial charge in [0.25, 0.3) is 5.91 Å². The van der Waals surface area contributed by atoms with Crippen LogP contribution in [0, 0.1) is 0 Å². The van der Waals surface area contributed by atoms with Crippen LogP contribution in [0.15, 0.2) is 12.3 Å². The molecule has 0 aromatic carbocycles. The summed E-state index contributed by atoms with van der Waals surface area (Å²) in [6, 6.07) is 0.807. The molecule has 1 aliphatic heterocycles. The zero-order chi connectivity index (χ0) is 17.3. The predicted molar refractivity (Wildman–Crippen MR) is 70.4 cm³/mol. The first-order valence-electron chi connectivity index (χ1n) is 6.76. The summed E-state index contributed by atoms with van der Waals surface area (Å²) in [6.45, 7) is 0.113. The Labute approximate surface area is 128 Å². The Morgan fingerprint density at radius 1 is 1.30 bits per heavy atom. The van der Waals surface area contributed by atoms with Crippen LogP contribution in [0.1, 0.15) is 29.6 Å². The number of ether oxygens (including phenoxy) is 1. The minimum absolute atomic E-state index is 0.0234. The third-order valence-electron chi connectivity index (χ3n) is 3.36. The first-order chi connectivity index (χ1) is 10.6. The number of carbonyl (C=O) groups is 1. The van der Waals surface area contributed by atoms with Crippen LogP contribution in [0.5, 0.6) is 5.75 Å². The Kier molecular flexibility index (Phi) is 4.62. The molecule has 23 heavy (non-hydrogen) atoms. The van der Waals surface area contributed by atoms with Crippen molar-refractivity contribution in [3.63, 3.8) is 0 Å². The molecule has 5 nitrogen and oxygen atoms in total. The normalized spacial score (nSPS) is 18.4. The molecule has 10 heteroatoms. The standard InChI is InChI=1S/C13H14F5N3O2/c14-12(15)2-1-4-21(5-3-12)11-9(10(19)22)6-8(7-20-11)23-13(16,17)18/h6-7H,1-5H2,(H2,19,22). The van der Waals surface area contributed by atoms with E-state index in [9.17, 15) is 26.7 Å². The molecule has 1 amide bonds. The molecule has 1 fully saturated rings. The molecule has 2 rings (SSSR count). The molecule has 1 aliphatic rings. The number of amides is 1. The SMILES string of the molecule is NC(=O)c1cc(OC(F)(F)F)cnc1N1CCCC(F)(F)CC1. The number of nitrogens with two attached hydrogens (primary N) is 1. The van der Waals surface area contributed by atoms with Gasteiger partial charge >= 0.3 is 6.36 Å². The van der Waals surface area contributed by atoms with Gasteiger partial charge in [-0.25, -0.2) is 13.8 Å². The Balaban J connectivity index is 2.29. The summed E-state index contributed by atoms with van der Waals surface area (Å²) in [5, 5.41) is 0. The largest absolute Gasteiger partial charge is 0.573 e. The number of aromatic nitrogens is 1. The number of carbonyl (C=O) groups excluding carboxylic acids is 1. The molecule has 0 aliphatic carbocycles. The second-order valence-corrected chi connectivity index (χ2v) is 5.15. The van der Waals surface area contributed by atoms with Crippen molar-refractivity contribution in [2.45, 2.75) is 31.5 Å². The molecule has 1 aromatic heterocycles. The number of hydrogen-bond donors (Lipinski definition) is 1. The molecular weight excluding hydrogens is 325 g/mol. The van der Waals surface area contributed by atoms with E-state index in [1.165, 1.54) is 4.90 Å². The Bertz CT molecular complexity index is 591. The van der Waals surface area contributed by atoms with Crippen LogP contribution in [0.3, 0.4) is 0 Å². The third kappa shape index (κ3) is 4.67. The molecule has 128 valence electrons. The summed E-state index contributed by atoms with van der Waals surface area (Å²) >= 11 is 0. The van der Waals surface area contributed by atoms with Gasteiger partial charge < -0.3 is 15.4 Å². The van der Waals surface area contributed by atoms with Crippen molar-refractivity contribution in [1.29, 1.82) is 0 Å². The molecule has 2 N–H and O–H groups in total. The van der Waals surface area contributed by atoms with Crippen LogP contribution in [0.4, 0.5) is 27.8 Å². The van der Waals surface area contributed by atoms with Crippen LogP contribution in [0.25, 0.3) is 0 Å². The van der Waals surface area contributed by atoms with Gasteiger partial charge in [0, 0.05) is 25.9 Å². The summed E-state index contributed by atoms with van der Waals surface area (Å²) < 4.78 is 67.1. The van der Waals surface area contributed by atoms with E-state index >= 15 is 0 Å². The lowest BCUT2D eigenvalue weighted by molar-refractivity contribution is -0.274. The van der Waals surface area contributed by atoms with Gasteiger partial charge in [-0.15, -0.1) is 13.2 Å². The van der Waals surface area contributed by atoms with Crippen molar-refractivity contribution >= 4 is 11.7 Å². The van der Waals surface area contributed by atoms with Gasteiger partial charge in [-0.1, -0.05) is 0 Å². The summed E-state index contributed by atoms with van der Waals surface area (Å²) in [5.41, 5.74) is 4.85. The summed E-state index contributed by atoms with van der Waals surface area (Å²) in [7, 11) is 0. The number of pyridine rings is 1. The number of alkyl halides is 5. The molecule has 0 atom stereocenters. The van der Waals surface area contributed by atoms with E-state index in [0.29, 0.717) is 0 Å². The van der Waals surface area contributed by atoms with E-state index in [4.69, 9.17) is 5.73 Å². The lowest BCUT2D eigenvalue weighted by Crippen LogP contribution is -2.29. The summed E-state index contributed by atoms with van der Waals surface area (Å²) in [6.07, 6.45) is -4.74. The van der Waals surface area contributed by atoms with Crippen molar-refractivity contribution in [3.8, 4) is 5.75 Å². The minimum atomic E-state index is -4.94. The Morgan fingerprint density at radius 2 is 2.00 bits per heavy atom. The first-order valence-corrected chi connectivity index (χ1v) is 6.76. The monoisotopic (exact) mass is 339 g/mol. The third-order valence-corrected chi connectivity index (χ3v) is 3.36. The first kappa shape index (κ1) is 17.2. The number of anilines is 1. The smallest absolute Gasteiger partial charge is 0.404 e. The molecule has 0 spiro atoms. The van der Waals surface area contributed by atoms with E-state index in [0.717, 1.165) is 12.3 Å². The molecule has 2 heterocycles. The fourth-order valence-corrected chi connectivity index (χ4v) is 2.34. The van der Waals surface area contributed by atoms with Crippen molar-refractivity contribution in [2.24, 2.45) is 5.73 Å². The lowest BCUT2D eigenvalue weighted by Gasteiger charge is -2.23. The fraction of sp³-hybridized carbons (Fsp3) is 0.538. The number of halogens is 5. The average molecular weight is 339 g/mol. The van der Waals surface area contributed by atoms with E-state index in [1.807, 2.05) is 0 Å². The highest BCUT2D eigenvalue weighted by Gasteiger charge is 2.34. The topological polar surface area (TPSA) is 68.5 Å². The van der Waals surface area contributed by atoms with Crippen LogP contribution in [-0.2, 0) is 0 Å². The maximum Gasteiger partial charge on any atom is 0.573 e. The zero-order valence-electron chi connectivity index (χ0n) is 11.9. The van der Waals surface area contributed by atoms with Gasteiger partial charge in [0.05, 0.1) is 11.8 Å². The van der Waals surface area contributed by atoms with Gasteiger partial charge in [-0.3, -0.25) is 4.79 Å². The molecule has 0 radical (unpaired) electrons. The highest BCUT2D eigenvalue weighted by atomic mass is 19.4. The zero-order valence-corrected chi connectivity index (χ0v) is 11.9. The second kappa shape index (κ2) is 6.17. The summed E-state index contributed by atoms with van der Waals surface area (Å²) in [5.74, 6) is -4.56. The second-order valence-electron chi connectivity index (χ2n) is 5.15. The van der Waals surface area contributed by atoms with Crippen molar-refractivity contribution in [3.05, 3.63) is 17.8 Å². The van der Waals surface area contributed by atoms with Gasteiger partial charge in [0.2, 0.25) is 5.92 Å². The molecule has 0 saturated carbocycles. The molecular formula is C13H14F5N3O2. The highest BCUT2D eigenvalue weighted by Crippen LogP contribution is 2.32. The van der Waals surface area contributed by atoms with Crippen molar-refractivity contribution in [2.75, 3.05) is 18.0 Å². The van der Waals surface area contributed by atoms with Crippen molar-refractivity contribution in [1.82, 2.24) is 4.98 Å². The predicted octanol–water partition coefficient (Wildman–Crippen LogP) is 2.70. The van der Waals surface area contributed by atoms with Gasteiger partial charge in [-0.2, -0.15) is 0 Å². The van der Waals surface area contributed by atoms with Gasteiger partial charge in [0.1, 0.15) is 11.6 Å². The van der Waals surface area contributed by atoms with E-state index in [-0.39, 0.29) is 37.3 Å². The van der Waals surface area contributed by atoms with Crippen molar-refractivity contribution < 1.29 is 31.5 Å². The van der Waals surface area contributed by atoms with Gasteiger partial charge in [0.15, 0.2) is 0 Å². The molecule has 1 aromatic rings. The van der Waals surface area contributed by atoms with E-state index in [1.54, 1.807) is 0 Å². The highest BCUT2D eigenvalue weighted by molar-refractivity contribution is 5.98. The summed E-state index contributed by atoms with van der Waals surface area (Å²) in [4.78, 5) is 16.6. The number of rotatable bonds is 3. The number of nitrogens with zero attached hydrogens (tertiary/aromatic N) is 2. The minimum Gasteiger partial charge on any atom is -0.404 e. The Morgan fingerprint density at radius 3 is 2.61 bits per heavy atom. The molecule has 1 saturated heterocycles. The molecule has 0 bridgehead atoms. The molecule has 0 unspecified atom stereocenters. The quantitative estimate of drug-likeness (QED) is 0.860. The van der Waals surface area contributed by atoms with E-state index in [2.05, 4.69) is 9.72 Å². The number of hydrogen-bond acceptors (Lipinski definition) is 4. The van der Waals surface area contributed by atoms with Crippen LogP contribution in [-0.4, -0.2) is 36.3 Å². The van der Waals surface area contributed by atoms with Gasteiger partial charge in [-0.05, 0) is 12.5 Å². The number of primary amides is 1. The Hall–Kier alpha value is -2.13. The van der Waals surface area contributed by atoms with E-state index < -0.39 is 30.4 Å². The average Bonchev–Trinajstić information content (AvgIpc) is 2.58. The van der Waals surface area contributed by atoms with Crippen LogP contribution >= 0.6 is 0 Å². The maximum atomic E-state index is 13.4. The van der Waals surface area contributed by atoms with Crippen LogP contribution in [0.2, 0.25) is 0 Å². The fourth-order valence-electron chi connectivity index (χ4n) is 2.34.